The first-order chi connectivity index (χ1) is 14.0. The minimum Gasteiger partial charge on any atom is -0.464 e. The van der Waals surface area contributed by atoms with Crippen LogP contribution in [0.5, 0.6) is 0 Å². The number of aryl methyl sites for hydroxylation is 1. The van der Waals surface area contributed by atoms with Crippen LogP contribution in [-0.4, -0.2) is 32.4 Å². The molecule has 1 saturated heterocycles. The van der Waals surface area contributed by atoms with E-state index >= 15 is 0 Å². The van der Waals surface area contributed by atoms with Gasteiger partial charge in [-0.3, -0.25) is 19.3 Å². The van der Waals surface area contributed by atoms with Crippen molar-refractivity contribution in [2.75, 3.05) is 5.32 Å². The van der Waals surface area contributed by atoms with Crippen LogP contribution >= 0.6 is 0 Å². The third-order valence-electron chi connectivity index (χ3n) is 4.77. The van der Waals surface area contributed by atoms with Crippen LogP contribution in [0.25, 0.3) is 0 Å². The number of nitrogens with zero attached hydrogens (tertiary/aromatic N) is 3. The van der Waals surface area contributed by atoms with Crippen LogP contribution in [0.15, 0.2) is 53.1 Å². The average Bonchev–Trinajstić information content (AvgIpc) is 3.40. The van der Waals surface area contributed by atoms with Gasteiger partial charge >= 0.3 is 0 Å². The smallest absolute Gasteiger partial charge is 0.256 e. The summed E-state index contributed by atoms with van der Waals surface area (Å²) in [6.07, 6.45) is 2.15. The SMILES string of the molecule is Cc1ccc(Cn2nccc2NC(=O)c2ccc(CN3C(=O)CCC3=O)cc2)o1. The number of likely N-dealkylation sites (tertiary alicyclic amines) is 1. The summed E-state index contributed by atoms with van der Waals surface area (Å²) in [4.78, 5) is 37.3. The molecule has 2 aromatic heterocycles. The molecule has 148 valence electrons. The Bertz CT molecular complexity index is 1050. The second-order valence-electron chi connectivity index (χ2n) is 6.91. The first-order valence-electron chi connectivity index (χ1n) is 9.30. The molecule has 0 aliphatic carbocycles. The zero-order valence-corrected chi connectivity index (χ0v) is 15.9. The molecule has 0 atom stereocenters. The molecule has 3 amide bonds. The molecule has 3 aromatic rings. The van der Waals surface area contributed by atoms with E-state index in [0.717, 1.165) is 17.1 Å². The summed E-state index contributed by atoms with van der Waals surface area (Å²) in [6, 6.07) is 12.3. The van der Waals surface area contributed by atoms with E-state index in [4.69, 9.17) is 4.42 Å². The zero-order valence-electron chi connectivity index (χ0n) is 15.9. The molecule has 1 aliphatic heterocycles. The van der Waals surface area contributed by atoms with Crippen LogP contribution in [0.1, 0.15) is 40.3 Å². The Balaban J connectivity index is 1.41. The van der Waals surface area contributed by atoms with Crippen molar-refractivity contribution in [3.05, 3.63) is 71.3 Å². The van der Waals surface area contributed by atoms with Crippen LogP contribution in [0, 0.1) is 6.92 Å². The summed E-state index contributed by atoms with van der Waals surface area (Å²) in [5.74, 6) is 1.53. The molecule has 8 nitrogen and oxygen atoms in total. The van der Waals surface area contributed by atoms with E-state index in [1.54, 1.807) is 41.2 Å². The van der Waals surface area contributed by atoms with Crippen LogP contribution in [0.2, 0.25) is 0 Å². The quantitative estimate of drug-likeness (QED) is 0.651. The van der Waals surface area contributed by atoms with Gasteiger partial charge in [0.15, 0.2) is 0 Å². The molecule has 0 saturated carbocycles. The highest BCUT2D eigenvalue weighted by Crippen LogP contribution is 2.17. The van der Waals surface area contributed by atoms with E-state index in [-0.39, 0.29) is 37.1 Å². The fraction of sp³-hybridized carbons (Fsp3) is 0.238. The van der Waals surface area contributed by atoms with Crippen LogP contribution < -0.4 is 5.32 Å². The van der Waals surface area contributed by atoms with Gasteiger partial charge < -0.3 is 9.73 Å². The van der Waals surface area contributed by atoms with Crippen molar-refractivity contribution >= 4 is 23.5 Å². The Morgan fingerprint density at radius 1 is 1.03 bits per heavy atom. The number of benzene rings is 1. The molecule has 0 spiro atoms. The molecule has 1 N–H and O–H groups in total. The van der Waals surface area contributed by atoms with Crippen LogP contribution in [-0.2, 0) is 22.7 Å². The van der Waals surface area contributed by atoms with Crippen LogP contribution in [0.4, 0.5) is 5.82 Å². The fourth-order valence-electron chi connectivity index (χ4n) is 3.21. The van der Waals surface area contributed by atoms with Crippen molar-refractivity contribution in [2.45, 2.75) is 32.9 Å². The zero-order chi connectivity index (χ0) is 20.4. The van der Waals surface area contributed by atoms with Crippen molar-refractivity contribution in [3.8, 4) is 0 Å². The summed E-state index contributed by atoms with van der Waals surface area (Å²) in [7, 11) is 0. The molecule has 3 heterocycles. The average molecular weight is 392 g/mol. The minimum atomic E-state index is -0.276. The van der Waals surface area contributed by atoms with Gasteiger partial charge in [0.2, 0.25) is 11.8 Å². The van der Waals surface area contributed by atoms with E-state index in [0.29, 0.717) is 17.9 Å². The molecular weight excluding hydrogens is 372 g/mol. The maximum atomic E-state index is 12.6. The predicted octanol–water partition coefficient (Wildman–Crippen LogP) is 2.73. The van der Waals surface area contributed by atoms with Crippen molar-refractivity contribution in [2.24, 2.45) is 0 Å². The number of hydrogen-bond acceptors (Lipinski definition) is 5. The van der Waals surface area contributed by atoms with Gasteiger partial charge in [-0.15, -0.1) is 0 Å². The molecular formula is C21H20N4O4. The fourth-order valence-corrected chi connectivity index (χ4v) is 3.21. The Kier molecular flexibility index (Phi) is 4.99. The number of rotatable bonds is 6. The summed E-state index contributed by atoms with van der Waals surface area (Å²) < 4.78 is 7.21. The highest BCUT2D eigenvalue weighted by Gasteiger charge is 2.28. The van der Waals surface area contributed by atoms with Crippen molar-refractivity contribution in [3.63, 3.8) is 0 Å². The molecule has 0 radical (unpaired) electrons. The number of carbonyl (C=O) groups excluding carboxylic acids is 3. The maximum Gasteiger partial charge on any atom is 0.256 e. The Hall–Kier alpha value is -3.68. The van der Waals surface area contributed by atoms with Gasteiger partial charge in [-0.1, -0.05) is 12.1 Å². The molecule has 8 heteroatoms. The number of imide groups is 1. The summed E-state index contributed by atoms with van der Waals surface area (Å²) >= 11 is 0. The minimum absolute atomic E-state index is 0.156. The molecule has 1 fully saturated rings. The number of carbonyl (C=O) groups is 3. The number of aromatic nitrogens is 2. The van der Waals surface area contributed by atoms with Gasteiger partial charge in [0, 0.05) is 24.5 Å². The Morgan fingerprint density at radius 2 is 1.76 bits per heavy atom. The van der Waals surface area contributed by atoms with E-state index in [1.165, 1.54) is 4.90 Å². The lowest BCUT2D eigenvalue weighted by Gasteiger charge is -2.14. The second kappa shape index (κ2) is 7.75. The molecule has 4 rings (SSSR count). The lowest BCUT2D eigenvalue weighted by atomic mass is 10.1. The third kappa shape index (κ3) is 4.11. The summed E-state index contributed by atoms with van der Waals surface area (Å²) in [5, 5.41) is 7.07. The van der Waals surface area contributed by atoms with Gasteiger partial charge in [0.05, 0.1) is 12.7 Å². The molecule has 0 bridgehead atoms. The highest BCUT2D eigenvalue weighted by molar-refractivity contribution is 6.04. The van der Waals surface area contributed by atoms with E-state index < -0.39 is 0 Å². The van der Waals surface area contributed by atoms with E-state index in [9.17, 15) is 14.4 Å². The van der Waals surface area contributed by atoms with Gasteiger partial charge in [-0.05, 0) is 36.8 Å². The Labute approximate surface area is 167 Å². The summed E-state index contributed by atoms with van der Waals surface area (Å²) in [5.41, 5.74) is 1.26. The molecule has 29 heavy (non-hydrogen) atoms. The van der Waals surface area contributed by atoms with Crippen molar-refractivity contribution in [1.82, 2.24) is 14.7 Å². The Morgan fingerprint density at radius 3 is 2.41 bits per heavy atom. The van der Waals surface area contributed by atoms with Crippen molar-refractivity contribution in [1.29, 1.82) is 0 Å². The standard InChI is InChI=1S/C21H20N4O4/c1-14-2-7-17(29-14)13-25-18(10-11-22-25)23-21(28)16-5-3-15(4-6-16)12-24-19(26)8-9-20(24)27/h2-7,10-11H,8-9,12-13H2,1H3,(H,23,28). The monoisotopic (exact) mass is 392 g/mol. The molecule has 0 unspecified atom stereocenters. The number of hydrogen-bond donors (Lipinski definition) is 1. The van der Waals surface area contributed by atoms with Gasteiger partial charge in [0.1, 0.15) is 23.9 Å². The van der Waals surface area contributed by atoms with Gasteiger partial charge in [-0.2, -0.15) is 5.10 Å². The number of furan rings is 1. The molecule has 1 aliphatic rings. The van der Waals surface area contributed by atoms with E-state index in [2.05, 4.69) is 10.4 Å². The first kappa shape index (κ1) is 18.7. The van der Waals surface area contributed by atoms with Crippen molar-refractivity contribution < 1.29 is 18.8 Å². The lowest BCUT2D eigenvalue weighted by Crippen LogP contribution is -2.28. The van der Waals surface area contributed by atoms with Crippen LogP contribution in [0.3, 0.4) is 0 Å². The largest absolute Gasteiger partial charge is 0.464 e. The summed E-state index contributed by atoms with van der Waals surface area (Å²) in [6.45, 7) is 2.51. The first-order valence-corrected chi connectivity index (χ1v) is 9.30. The van der Waals surface area contributed by atoms with E-state index in [1.807, 2.05) is 19.1 Å². The maximum absolute atomic E-state index is 12.6. The van der Waals surface area contributed by atoms with Gasteiger partial charge in [-0.25, -0.2) is 4.68 Å². The number of amides is 3. The molecule has 1 aromatic carbocycles. The number of anilines is 1. The topological polar surface area (TPSA) is 97.4 Å². The highest BCUT2D eigenvalue weighted by atomic mass is 16.3. The van der Waals surface area contributed by atoms with Gasteiger partial charge in [0.25, 0.3) is 5.91 Å². The second-order valence-corrected chi connectivity index (χ2v) is 6.91. The normalized spacial score (nSPS) is 13.9. The predicted molar refractivity (Wildman–Crippen MR) is 104 cm³/mol. The third-order valence-corrected chi connectivity index (χ3v) is 4.77. The lowest BCUT2D eigenvalue weighted by molar-refractivity contribution is -0.139. The number of nitrogens with one attached hydrogen (secondary N) is 1.